The fourth-order valence-corrected chi connectivity index (χ4v) is 0.941. The molecule has 0 aliphatic carbocycles. The van der Waals surface area contributed by atoms with Crippen molar-refractivity contribution in [3.63, 3.8) is 0 Å². The van der Waals surface area contributed by atoms with E-state index in [-0.39, 0.29) is 12.5 Å². The Balaban J connectivity index is 2.77. The maximum atomic E-state index is 10.9. The van der Waals surface area contributed by atoms with Crippen LogP contribution >= 0.6 is 0 Å². The number of rotatable bonds is 3. The van der Waals surface area contributed by atoms with Gasteiger partial charge in [-0.3, -0.25) is 4.79 Å². The van der Waals surface area contributed by atoms with Gasteiger partial charge in [-0.05, 0) is 23.8 Å². The molecule has 0 fully saturated rings. The summed E-state index contributed by atoms with van der Waals surface area (Å²) < 4.78 is 0. The highest BCUT2D eigenvalue weighted by molar-refractivity contribution is 5.98. The topological polar surface area (TPSA) is 49.3 Å². The number of carbonyl (C=O) groups is 1. The van der Waals surface area contributed by atoms with Crippen LogP contribution in [0.3, 0.4) is 0 Å². The lowest BCUT2D eigenvalue weighted by Gasteiger charge is -2.03. The number of carbonyl (C=O) groups excluding carboxylic acids is 1. The van der Waals surface area contributed by atoms with Gasteiger partial charge in [-0.1, -0.05) is 18.7 Å². The van der Waals surface area contributed by atoms with Crippen LogP contribution in [0.2, 0.25) is 0 Å². The molecule has 1 rings (SSSR count). The Bertz CT molecular complexity index is 320. The van der Waals surface area contributed by atoms with Crippen LogP contribution in [0.15, 0.2) is 36.9 Å². The number of hydrogen-bond donors (Lipinski definition) is 2. The first-order valence-electron chi connectivity index (χ1n) is 3.89. The molecule has 13 heavy (non-hydrogen) atoms. The lowest BCUT2D eigenvalue weighted by Crippen LogP contribution is -2.07. The van der Waals surface area contributed by atoms with Crippen molar-refractivity contribution >= 4 is 11.6 Å². The Morgan fingerprint density at radius 3 is 3.00 bits per heavy atom. The zero-order valence-corrected chi connectivity index (χ0v) is 7.16. The van der Waals surface area contributed by atoms with E-state index in [1.165, 1.54) is 6.08 Å². The summed E-state index contributed by atoms with van der Waals surface area (Å²) in [6, 6.07) is 7.01. The van der Waals surface area contributed by atoms with E-state index in [0.717, 1.165) is 5.56 Å². The van der Waals surface area contributed by atoms with Gasteiger partial charge in [-0.2, -0.15) is 0 Å². The molecule has 0 aliphatic heterocycles. The molecule has 1 aromatic rings. The third kappa shape index (κ3) is 2.72. The van der Waals surface area contributed by atoms with Gasteiger partial charge in [-0.15, -0.1) is 0 Å². The van der Waals surface area contributed by atoms with Crippen LogP contribution in [-0.4, -0.2) is 11.0 Å². The quantitative estimate of drug-likeness (QED) is 0.684. The molecular weight excluding hydrogens is 166 g/mol. The molecule has 68 valence electrons. The maximum absolute atomic E-state index is 10.9. The largest absolute Gasteiger partial charge is 0.392 e. The summed E-state index contributed by atoms with van der Waals surface area (Å²) in [4.78, 5) is 10.9. The molecule has 0 unspecified atom stereocenters. The standard InChI is InChI=1S/C10H11NO2/c1-2-10(13)11-9-5-3-4-8(6-9)7-12/h2-6,12H,1,7H2,(H,11,13). The predicted octanol–water partition coefficient (Wildman–Crippen LogP) is 1.30. The van der Waals surface area contributed by atoms with Crippen LogP contribution in [-0.2, 0) is 11.4 Å². The number of aliphatic hydroxyl groups is 1. The van der Waals surface area contributed by atoms with Crippen molar-refractivity contribution in [3.8, 4) is 0 Å². The molecule has 0 atom stereocenters. The molecular formula is C10H11NO2. The van der Waals surface area contributed by atoms with Crippen molar-refractivity contribution in [2.45, 2.75) is 6.61 Å². The molecule has 3 heteroatoms. The predicted molar refractivity (Wildman–Crippen MR) is 51.2 cm³/mol. The van der Waals surface area contributed by atoms with Crippen LogP contribution in [0.5, 0.6) is 0 Å². The van der Waals surface area contributed by atoms with Gasteiger partial charge in [0.05, 0.1) is 6.61 Å². The Hall–Kier alpha value is -1.61. The molecule has 1 amide bonds. The molecule has 0 radical (unpaired) electrons. The van der Waals surface area contributed by atoms with Crippen molar-refractivity contribution in [3.05, 3.63) is 42.5 Å². The number of benzene rings is 1. The average molecular weight is 177 g/mol. The molecule has 1 aromatic carbocycles. The van der Waals surface area contributed by atoms with E-state index in [1.54, 1.807) is 24.3 Å². The number of amides is 1. The Kier molecular flexibility index (Phi) is 3.23. The van der Waals surface area contributed by atoms with Crippen molar-refractivity contribution < 1.29 is 9.90 Å². The number of hydrogen-bond acceptors (Lipinski definition) is 2. The SMILES string of the molecule is C=CC(=O)Nc1cccc(CO)c1. The van der Waals surface area contributed by atoms with Gasteiger partial charge in [0.25, 0.3) is 0 Å². The fraction of sp³-hybridized carbons (Fsp3) is 0.100. The van der Waals surface area contributed by atoms with E-state index in [0.29, 0.717) is 5.69 Å². The third-order valence-corrected chi connectivity index (χ3v) is 1.56. The summed E-state index contributed by atoms with van der Waals surface area (Å²) in [5.41, 5.74) is 1.43. The van der Waals surface area contributed by atoms with E-state index < -0.39 is 0 Å². The summed E-state index contributed by atoms with van der Waals surface area (Å²) >= 11 is 0. The van der Waals surface area contributed by atoms with Gasteiger partial charge in [0.1, 0.15) is 0 Å². The van der Waals surface area contributed by atoms with Gasteiger partial charge >= 0.3 is 0 Å². The number of aliphatic hydroxyl groups excluding tert-OH is 1. The summed E-state index contributed by atoms with van der Waals surface area (Å²) in [6.45, 7) is 3.31. The van der Waals surface area contributed by atoms with E-state index in [1.807, 2.05) is 0 Å². The molecule has 0 aromatic heterocycles. The fourth-order valence-electron chi connectivity index (χ4n) is 0.941. The molecule has 0 bridgehead atoms. The molecule has 2 N–H and O–H groups in total. The van der Waals surface area contributed by atoms with E-state index in [4.69, 9.17) is 5.11 Å². The Labute approximate surface area is 76.7 Å². The van der Waals surface area contributed by atoms with Crippen molar-refractivity contribution in [2.24, 2.45) is 0 Å². The summed E-state index contributed by atoms with van der Waals surface area (Å²) in [6.07, 6.45) is 1.20. The van der Waals surface area contributed by atoms with Crippen LogP contribution in [0, 0.1) is 0 Å². The summed E-state index contributed by atoms with van der Waals surface area (Å²) in [5.74, 6) is -0.255. The van der Waals surface area contributed by atoms with Gasteiger partial charge in [0.2, 0.25) is 5.91 Å². The lowest BCUT2D eigenvalue weighted by atomic mass is 10.2. The molecule has 0 aliphatic rings. The Morgan fingerprint density at radius 1 is 1.62 bits per heavy atom. The van der Waals surface area contributed by atoms with E-state index in [2.05, 4.69) is 11.9 Å². The summed E-state index contributed by atoms with van der Waals surface area (Å²) in [7, 11) is 0. The van der Waals surface area contributed by atoms with Crippen LogP contribution in [0.4, 0.5) is 5.69 Å². The highest BCUT2D eigenvalue weighted by Crippen LogP contribution is 2.10. The highest BCUT2D eigenvalue weighted by Gasteiger charge is 1.97. The van der Waals surface area contributed by atoms with Gasteiger partial charge < -0.3 is 10.4 Å². The zero-order valence-electron chi connectivity index (χ0n) is 7.16. The minimum Gasteiger partial charge on any atom is -0.392 e. The van der Waals surface area contributed by atoms with Crippen molar-refractivity contribution in [1.82, 2.24) is 0 Å². The van der Waals surface area contributed by atoms with Crippen LogP contribution in [0.1, 0.15) is 5.56 Å². The first kappa shape index (κ1) is 9.48. The first-order chi connectivity index (χ1) is 6.26. The maximum Gasteiger partial charge on any atom is 0.247 e. The third-order valence-electron chi connectivity index (χ3n) is 1.56. The average Bonchev–Trinajstić information content (AvgIpc) is 2.18. The number of nitrogens with one attached hydrogen (secondary N) is 1. The minimum absolute atomic E-state index is 0.0300. The molecule has 0 heterocycles. The molecule has 0 spiro atoms. The van der Waals surface area contributed by atoms with Gasteiger partial charge in [0, 0.05) is 5.69 Å². The molecule has 0 saturated heterocycles. The smallest absolute Gasteiger partial charge is 0.247 e. The van der Waals surface area contributed by atoms with Gasteiger partial charge in [-0.25, -0.2) is 0 Å². The monoisotopic (exact) mass is 177 g/mol. The highest BCUT2D eigenvalue weighted by atomic mass is 16.3. The van der Waals surface area contributed by atoms with E-state index >= 15 is 0 Å². The van der Waals surface area contributed by atoms with Crippen molar-refractivity contribution in [2.75, 3.05) is 5.32 Å². The lowest BCUT2D eigenvalue weighted by molar-refractivity contribution is -0.111. The molecule has 3 nitrogen and oxygen atoms in total. The summed E-state index contributed by atoms with van der Waals surface area (Å²) in [5, 5.41) is 11.4. The zero-order chi connectivity index (χ0) is 9.68. The van der Waals surface area contributed by atoms with Crippen LogP contribution < -0.4 is 5.32 Å². The minimum atomic E-state index is -0.255. The van der Waals surface area contributed by atoms with Crippen LogP contribution in [0.25, 0.3) is 0 Å². The molecule has 0 saturated carbocycles. The van der Waals surface area contributed by atoms with Crippen molar-refractivity contribution in [1.29, 1.82) is 0 Å². The second-order valence-corrected chi connectivity index (χ2v) is 2.55. The first-order valence-corrected chi connectivity index (χ1v) is 3.89. The number of anilines is 1. The second kappa shape index (κ2) is 4.42. The Morgan fingerprint density at radius 2 is 2.38 bits per heavy atom. The normalized spacial score (nSPS) is 9.31. The van der Waals surface area contributed by atoms with E-state index in [9.17, 15) is 4.79 Å². The second-order valence-electron chi connectivity index (χ2n) is 2.55. The van der Waals surface area contributed by atoms with Gasteiger partial charge in [0.15, 0.2) is 0 Å².